The standard InChI is InChI=1S/C17H10BrCl3/c18-14-7-6-13(11-3-1-2-4-12(11)14)17(21)10-5-8-15(19)16(20)9-10/h1-9,17H. The van der Waals surface area contributed by atoms with Gasteiger partial charge in [-0.25, -0.2) is 0 Å². The van der Waals surface area contributed by atoms with Crippen LogP contribution in [0.15, 0.2) is 59.1 Å². The van der Waals surface area contributed by atoms with Crippen LogP contribution in [0.5, 0.6) is 0 Å². The summed E-state index contributed by atoms with van der Waals surface area (Å²) in [5.41, 5.74) is 1.98. The molecule has 0 saturated heterocycles. The normalized spacial score (nSPS) is 12.6. The summed E-state index contributed by atoms with van der Waals surface area (Å²) in [5.74, 6) is 0. The fourth-order valence-corrected chi connectivity index (χ4v) is 3.47. The molecule has 0 bridgehead atoms. The second kappa shape index (κ2) is 6.18. The van der Waals surface area contributed by atoms with Crippen LogP contribution < -0.4 is 0 Å². The van der Waals surface area contributed by atoms with E-state index in [1.54, 1.807) is 6.07 Å². The Morgan fingerprint density at radius 2 is 1.52 bits per heavy atom. The summed E-state index contributed by atoms with van der Waals surface area (Å²) in [4.78, 5) is 0. The van der Waals surface area contributed by atoms with Crippen molar-refractivity contribution in [3.8, 4) is 0 Å². The third-order valence-corrected chi connectivity index (χ3v) is 5.33. The largest absolute Gasteiger partial charge is 0.113 e. The molecule has 0 heterocycles. The second-order valence-electron chi connectivity index (χ2n) is 4.72. The molecule has 0 fully saturated rings. The molecule has 0 N–H and O–H groups in total. The molecular weight excluding hydrogens is 390 g/mol. The van der Waals surface area contributed by atoms with Gasteiger partial charge in [0.1, 0.15) is 0 Å². The van der Waals surface area contributed by atoms with Gasteiger partial charge in [0.05, 0.1) is 15.4 Å². The molecule has 0 aromatic heterocycles. The van der Waals surface area contributed by atoms with Gasteiger partial charge in [-0.2, -0.15) is 0 Å². The third kappa shape index (κ3) is 2.93. The van der Waals surface area contributed by atoms with Crippen molar-refractivity contribution < 1.29 is 0 Å². The van der Waals surface area contributed by atoms with E-state index < -0.39 is 0 Å². The summed E-state index contributed by atoms with van der Waals surface area (Å²) < 4.78 is 1.06. The van der Waals surface area contributed by atoms with E-state index >= 15 is 0 Å². The van der Waals surface area contributed by atoms with E-state index in [2.05, 4.69) is 28.1 Å². The van der Waals surface area contributed by atoms with Crippen LogP contribution in [0.3, 0.4) is 0 Å². The first-order valence-electron chi connectivity index (χ1n) is 6.34. The maximum absolute atomic E-state index is 6.67. The van der Waals surface area contributed by atoms with Crippen LogP contribution >= 0.6 is 50.7 Å². The van der Waals surface area contributed by atoms with E-state index in [-0.39, 0.29) is 5.38 Å². The van der Waals surface area contributed by atoms with Gasteiger partial charge >= 0.3 is 0 Å². The average molecular weight is 401 g/mol. The van der Waals surface area contributed by atoms with Crippen molar-refractivity contribution in [2.45, 2.75) is 5.38 Å². The molecule has 0 nitrogen and oxygen atoms in total. The highest BCUT2D eigenvalue weighted by Crippen LogP contribution is 2.38. The van der Waals surface area contributed by atoms with Crippen molar-refractivity contribution in [1.29, 1.82) is 0 Å². The van der Waals surface area contributed by atoms with Crippen molar-refractivity contribution in [3.05, 3.63) is 80.2 Å². The molecule has 3 aromatic carbocycles. The molecule has 4 heteroatoms. The number of hydrogen-bond donors (Lipinski definition) is 0. The van der Waals surface area contributed by atoms with Gasteiger partial charge in [0.15, 0.2) is 0 Å². The Labute approximate surface area is 146 Å². The molecule has 1 atom stereocenters. The predicted octanol–water partition coefficient (Wildman–Crippen LogP) is 7.24. The molecule has 0 amide bonds. The summed E-state index contributed by atoms with van der Waals surface area (Å²) in [6, 6.07) is 17.7. The molecule has 0 aliphatic heterocycles. The highest BCUT2D eigenvalue weighted by molar-refractivity contribution is 9.10. The molecule has 0 saturated carbocycles. The molecule has 0 spiro atoms. The summed E-state index contributed by atoms with van der Waals surface area (Å²) >= 11 is 22.3. The quantitative estimate of drug-likeness (QED) is 0.398. The Balaban J connectivity index is 2.15. The maximum Gasteiger partial charge on any atom is 0.0841 e. The Morgan fingerprint density at radius 3 is 2.24 bits per heavy atom. The zero-order valence-electron chi connectivity index (χ0n) is 10.8. The molecule has 106 valence electrons. The Morgan fingerprint density at radius 1 is 0.810 bits per heavy atom. The zero-order valence-corrected chi connectivity index (χ0v) is 14.6. The molecule has 0 aliphatic rings. The number of benzene rings is 3. The first-order chi connectivity index (χ1) is 10.1. The lowest BCUT2D eigenvalue weighted by Gasteiger charge is -2.15. The number of fused-ring (bicyclic) bond motifs is 1. The van der Waals surface area contributed by atoms with Crippen LogP contribution in [0.25, 0.3) is 10.8 Å². The fraction of sp³-hybridized carbons (Fsp3) is 0.0588. The Hall–Kier alpha value is -0.730. The van der Waals surface area contributed by atoms with Crippen LogP contribution in [0, 0.1) is 0 Å². The summed E-state index contributed by atoms with van der Waals surface area (Å²) in [7, 11) is 0. The van der Waals surface area contributed by atoms with Crippen molar-refractivity contribution in [3.63, 3.8) is 0 Å². The summed E-state index contributed by atoms with van der Waals surface area (Å²) in [6.45, 7) is 0. The first-order valence-corrected chi connectivity index (χ1v) is 8.32. The Bertz CT molecular complexity index is 814. The Kier molecular flexibility index (Phi) is 4.46. The lowest BCUT2D eigenvalue weighted by atomic mass is 9.98. The van der Waals surface area contributed by atoms with Gasteiger partial charge < -0.3 is 0 Å². The minimum atomic E-state index is -0.280. The van der Waals surface area contributed by atoms with Crippen LogP contribution in [0.1, 0.15) is 16.5 Å². The van der Waals surface area contributed by atoms with Gasteiger partial charge in [-0.05, 0) is 40.1 Å². The molecule has 0 radical (unpaired) electrons. The minimum Gasteiger partial charge on any atom is -0.113 e. The average Bonchev–Trinajstić information content (AvgIpc) is 2.50. The van der Waals surface area contributed by atoms with Crippen molar-refractivity contribution in [2.75, 3.05) is 0 Å². The van der Waals surface area contributed by atoms with E-state index in [1.165, 1.54) is 0 Å². The predicted molar refractivity (Wildman–Crippen MR) is 95.8 cm³/mol. The molecular formula is C17H10BrCl3. The lowest BCUT2D eigenvalue weighted by molar-refractivity contribution is 1.16. The third-order valence-electron chi connectivity index (χ3n) is 3.41. The highest BCUT2D eigenvalue weighted by Gasteiger charge is 2.15. The molecule has 21 heavy (non-hydrogen) atoms. The van der Waals surface area contributed by atoms with Gasteiger partial charge in [0.25, 0.3) is 0 Å². The lowest BCUT2D eigenvalue weighted by Crippen LogP contribution is -1.95. The number of halogens is 4. The topological polar surface area (TPSA) is 0 Å². The summed E-state index contributed by atoms with van der Waals surface area (Å²) in [5, 5.41) is 3.03. The van der Waals surface area contributed by atoms with Crippen molar-refractivity contribution in [2.24, 2.45) is 0 Å². The van der Waals surface area contributed by atoms with Gasteiger partial charge in [-0.3, -0.25) is 0 Å². The van der Waals surface area contributed by atoms with Crippen molar-refractivity contribution in [1.82, 2.24) is 0 Å². The molecule has 0 aliphatic carbocycles. The smallest absolute Gasteiger partial charge is 0.0841 e. The number of alkyl halides is 1. The number of hydrogen-bond acceptors (Lipinski definition) is 0. The van der Waals surface area contributed by atoms with E-state index in [9.17, 15) is 0 Å². The minimum absolute atomic E-state index is 0.280. The van der Waals surface area contributed by atoms with Gasteiger partial charge in [0, 0.05) is 4.47 Å². The van der Waals surface area contributed by atoms with E-state index in [0.717, 1.165) is 26.4 Å². The number of rotatable bonds is 2. The first kappa shape index (κ1) is 15.2. The molecule has 1 unspecified atom stereocenters. The monoisotopic (exact) mass is 398 g/mol. The van der Waals surface area contributed by atoms with E-state index in [4.69, 9.17) is 34.8 Å². The van der Waals surface area contributed by atoms with E-state index in [0.29, 0.717) is 10.0 Å². The molecule has 3 rings (SSSR count). The van der Waals surface area contributed by atoms with E-state index in [1.807, 2.05) is 36.4 Å². The van der Waals surface area contributed by atoms with Gasteiger partial charge in [0.2, 0.25) is 0 Å². The second-order valence-corrected chi connectivity index (χ2v) is 6.82. The highest BCUT2D eigenvalue weighted by atomic mass is 79.9. The SMILES string of the molecule is Clc1ccc(C(Cl)c2ccc(Br)c3ccccc23)cc1Cl. The fourth-order valence-electron chi connectivity index (χ4n) is 2.36. The van der Waals surface area contributed by atoms with Crippen LogP contribution in [-0.4, -0.2) is 0 Å². The van der Waals surface area contributed by atoms with Gasteiger partial charge in [-0.15, -0.1) is 11.6 Å². The zero-order chi connectivity index (χ0) is 15.0. The van der Waals surface area contributed by atoms with Crippen LogP contribution in [0.4, 0.5) is 0 Å². The summed E-state index contributed by atoms with van der Waals surface area (Å²) in [6.07, 6.45) is 0. The van der Waals surface area contributed by atoms with Crippen LogP contribution in [-0.2, 0) is 0 Å². The molecule has 3 aromatic rings. The van der Waals surface area contributed by atoms with Crippen molar-refractivity contribution >= 4 is 61.5 Å². The maximum atomic E-state index is 6.67. The van der Waals surface area contributed by atoms with Crippen LogP contribution in [0.2, 0.25) is 10.0 Å². The van der Waals surface area contributed by atoms with Gasteiger partial charge in [-0.1, -0.05) is 75.5 Å².